The fourth-order valence-electron chi connectivity index (χ4n) is 4.12. The van der Waals surface area contributed by atoms with Crippen molar-refractivity contribution in [3.05, 3.63) is 29.3 Å². The summed E-state index contributed by atoms with van der Waals surface area (Å²) in [6, 6.07) is 4.87. The van der Waals surface area contributed by atoms with Crippen molar-refractivity contribution in [3.63, 3.8) is 0 Å². The normalized spacial score (nSPS) is 20.0. The number of piperidine rings is 1. The lowest BCUT2D eigenvalue weighted by molar-refractivity contribution is -0.121. The molecule has 0 bridgehead atoms. The van der Waals surface area contributed by atoms with E-state index in [4.69, 9.17) is 0 Å². The van der Waals surface area contributed by atoms with Gasteiger partial charge in [-0.3, -0.25) is 19.3 Å². The molecule has 0 unspecified atom stereocenters. The van der Waals surface area contributed by atoms with Crippen LogP contribution in [0.15, 0.2) is 18.2 Å². The van der Waals surface area contributed by atoms with Crippen molar-refractivity contribution in [2.24, 2.45) is 5.92 Å². The number of nitrogens with one attached hydrogen (secondary N) is 1. The van der Waals surface area contributed by atoms with E-state index in [1.165, 1.54) is 7.05 Å². The molecule has 0 spiro atoms. The highest BCUT2D eigenvalue weighted by Gasteiger charge is 2.34. The Morgan fingerprint density at radius 2 is 1.54 bits per heavy atom. The average Bonchev–Trinajstić information content (AvgIpc) is 3.32. The molecule has 148 valence electrons. The molecule has 2 fully saturated rings. The quantitative estimate of drug-likeness (QED) is 0.787. The Kier molecular flexibility index (Phi) is 4.78. The molecule has 0 radical (unpaired) electrons. The zero-order valence-corrected chi connectivity index (χ0v) is 15.9. The summed E-state index contributed by atoms with van der Waals surface area (Å²) < 4.78 is 0. The van der Waals surface area contributed by atoms with Gasteiger partial charge in [-0.25, -0.2) is 4.79 Å². The van der Waals surface area contributed by atoms with Gasteiger partial charge >= 0.3 is 6.03 Å². The van der Waals surface area contributed by atoms with Crippen LogP contribution in [-0.4, -0.2) is 71.7 Å². The molecule has 8 nitrogen and oxygen atoms in total. The van der Waals surface area contributed by atoms with Crippen molar-refractivity contribution in [3.8, 4) is 0 Å². The number of benzene rings is 1. The number of likely N-dealkylation sites (tertiary alicyclic amines) is 2. The summed E-state index contributed by atoms with van der Waals surface area (Å²) in [6.45, 7) is 2.81. The molecule has 0 saturated carbocycles. The van der Waals surface area contributed by atoms with E-state index in [-0.39, 0.29) is 29.7 Å². The molecule has 1 aromatic rings. The van der Waals surface area contributed by atoms with Crippen LogP contribution in [0.2, 0.25) is 0 Å². The van der Waals surface area contributed by atoms with E-state index < -0.39 is 0 Å². The number of anilines is 1. The van der Waals surface area contributed by atoms with E-state index in [0.717, 1.165) is 30.8 Å². The fraction of sp³-hybridized carbons (Fsp3) is 0.500. The van der Waals surface area contributed by atoms with Gasteiger partial charge in [0.05, 0.1) is 11.1 Å². The maximum absolute atomic E-state index is 12.6. The number of amides is 5. The number of carbonyl (C=O) groups excluding carboxylic acids is 4. The van der Waals surface area contributed by atoms with Gasteiger partial charge in [-0.2, -0.15) is 0 Å². The van der Waals surface area contributed by atoms with Crippen LogP contribution >= 0.6 is 0 Å². The lowest BCUT2D eigenvalue weighted by Crippen LogP contribution is -2.47. The van der Waals surface area contributed by atoms with E-state index >= 15 is 0 Å². The number of rotatable bonds is 2. The smallest absolute Gasteiger partial charge is 0.319 e. The maximum Gasteiger partial charge on any atom is 0.319 e. The average molecular weight is 384 g/mol. The summed E-state index contributed by atoms with van der Waals surface area (Å²) in [5.41, 5.74) is 1.19. The van der Waals surface area contributed by atoms with Crippen LogP contribution in [0.1, 0.15) is 46.4 Å². The Labute approximate surface area is 163 Å². The fourth-order valence-corrected chi connectivity index (χ4v) is 4.12. The Morgan fingerprint density at radius 1 is 0.929 bits per heavy atom. The summed E-state index contributed by atoms with van der Waals surface area (Å²) in [5, 5.41) is 2.86. The second-order valence-corrected chi connectivity index (χ2v) is 7.66. The summed E-state index contributed by atoms with van der Waals surface area (Å²) in [6.07, 6.45) is 3.37. The van der Waals surface area contributed by atoms with Crippen LogP contribution < -0.4 is 5.32 Å². The monoisotopic (exact) mass is 384 g/mol. The van der Waals surface area contributed by atoms with Crippen molar-refractivity contribution >= 4 is 29.4 Å². The van der Waals surface area contributed by atoms with Gasteiger partial charge in [0.25, 0.3) is 11.8 Å². The Bertz CT molecular complexity index is 839. The van der Waals surface area contributed by atoms with Crippen molar-refractivity contribution in [2.45, 2.75) is 25.7 Å². The molecule has 28 heavy (non-hydrogen) atoms. The van der Waals surface area contributed by atoms with Crippen LogP contribution in [0.5, 0.6) is 0 Å². The second kappa shape index (κ2) is 7.26. The van der Waals surface area contributed by atoms with Gasteiger partial charge in [0.2, 0.25) is 5.91 Å². The zero-order chi connectivity index (χ0) is 19.8. The third-order valence-electron chi connectivity index (χ3n) is 5.87. The summed E-state index contributed by atoms with van der Waals surface area (Å²) in [4.78, 5) is 53.9. The van der Waals surface area contributed by atoms with Gasteiger partial charge in [-0.1, -0.05) is 0 Å². The molecule has 3 heterocycles. The highest BCUT2D eigenvalue weighted by atomic mass is 16.2. The first-order chi connectivity index (χ1) is 13.5. The number of hydrogen-bond donors (Lipinski definition) is 1. The molecule has 3 aliphatic rings. The Hall–Kier alpha value is -2.90. The lowest BCUT2D eigenvalue weighted by atomic mass is 9.96. The SMILES string of the molecule is CN1C(=O)c2ccc(NC(=O)C3CCN(C(=O)N4CCCC4)CC3)cc2C1=O. The van der Waals surface area contributed by atoms with Crippen LogP contribution in [0.3, 0.4) is 0 Å². The third kappa shape index (κ3) is 3.23. The third-order valence-corrected chi connectivity index (χ3v) is 5.87. The highest BCUT2D eigenvalue weighted by molar-refractivity contribution is 6.21. The van der Waals surface area contributed by atoms with Crippen LogP contribution in [0, 0.1) is 5.92 Å². The molecule has 1 N–H and O–H groups in total. The lowest BCUT2D eigenvalue weighted by Gasteiger charge is -2.34. The summed E-state index contributed by atoms with van der Waals surface area (Å²) in [7, 11) is 1.44. The van der Waals surface area contributed by atoms with Crippen molar-refractivity contribution < 1.29 is 19.2 Å². The minimum absolute atomic E-state index is 0.0854. The van der Waals surface area contributed by atoms with Gasteiger partial charge in [-0.15, -0.1) is 0 Å². The predicted octanol–water partition coefficient (Wildman–Crippen LogP) is 1.78. The van der Waals surface area contributed by atoms with E-state index in [0.29, 0.717) is 42.7 Å². The van der Waals surface area contributed by atoms with Gasteiger partial charge in [0.1, 0.15) is 0 Å². The number of carbonyl (C=O) groups is 4. The molecular weight excluding hydrogens is 360 g/mol. The van der Waals surface area contributed by atoms with Crippen molar-refractivity contribution in [2.75, 3.05) is 38.5 Å². The van der Waals surface area contributed by atoms with Gasteiger partial charge in [-0.05, 0) is 43.9 Å². The van der Waals surface area contributed by atoms with Gasteiger partial charge < -0.3 is 15.1 Å². The first kappa shape index (κ1) is 18.5. The first-order valence-corrected chi connectivity index (χ1v) is 9.77. The van der Waals surface area contributed by atoms with E-state index in [9.17, 15) is 19.2 Å². The van der Waals surface area contributed by atoms with Crippen LogP contribution in [0.25, 0.3) is 0 Å². The number of hydrogen-bond acceptors (Lipinski definition) is 4. The number of imide groups is 1. The molecule has 0 aliphatic carbocycles. The molecule has 3 aliphatic heterocycles. The minimum Gasteiger partial charge on any atom is -0.326 e. The Morgan fingerprint density at radius 3 is 2.21 bits per heavy atom. The van der Waals surface area contributed by atoms with E-state index in [1.807, 2.05) is 9.80 Å². The molecular formula is C20H24N4O4. The molecule has 0 atom stereocenters. The molecule has 8 heteroatoms. The molecule has 1 aromatic carbocycles. The molecule has 2 saturated heterocycles. The van der Waals surface area contributed by atoms with E-state index in [1.54, 1.807) is 18.2 Å². The predicted molar refractivity (Wildman–Crippen MR) is 102 cm³/mol. The molecule has 4 rings (SSSR count). The summed E-state index contributed by atoms with van der Waals surface area (Å²) in [5.74, 6) is -0.966. The molecule has 0 aromatic heterocycles. The largest absolute Gasteiger partial charge is 0.326 e. The highest BCUT2D eigenvalue weighted by Crippen LogP contribution is 2.26. The number of fused-ring (bicyclic) bond motifs is 1. The topological polar surface area (TPSA) is 90.0 Å². The molecule has 5 amide bonds. The van der Waals surface area contributed by atoms with Crippen LogP contribution in [-0.2, 0) is 4.79 Å². The van der Waals surface area contributed by atoms with Crippen LogP contribution in [0.4, 0.5) is 10.5 Å². The van der Waals surface area contributed by atoms with Gasteiger partial charge in [0, 0.05) is 44.8 Å². The standard InChI is InChI=1S/C20H24N4O4/c1-22-18(26)15-5-4-14(12-16(15)19(22)27)21-17(25)13-6-10-24(11-7-13)20(28)23-8-2-3-9-23/h4-5,12-13H,2-3,6-11H2,1H3,(H,21,25). The Balaban J connectivity index is 1.35. The van der Waals surface area contributed by atoms with Gasteiger partial charge in [0.15, 0.2) is 0 Å². The van der Waals surface area contributed by atoms with Crippen molar-refractivity contribution in [1.29, 1.82) is 0 Å². The zero-order valence-electron chi connectivity index (χ0n) is 15.9. The van der Waals surface area contributed by atoms with Crippen molar-refractivity contribution in [1.82, 2.24) is 14.7 Å². The summed E-state index contributed by atoms with van der Waals surface area (Å²) >= 11 is 0. The first-order valence-electron chi connectivity index (χ1n) is 9.77. The maximum atomic E-state index is 12.6. The van der Waals surface area contributed by atoms with E-state index in [2.05, 4.69) is 5.32 Å². The number of nitrogens with zero attached hydrogens (tertiary/aromatic N) is 3. The second-order valence-electron chi connectivity index (χ2n) is 7.66. The minimum atomic E-state index is -0.357. The number of urea groups is 1.